The second-order valence-electron chi connectivity index (χ2n) is 11.2. The van der Waals surface area contributed by atoms with E-state index in [0.29, 0.717) is 41.6 Å². The second-order valence-corrected chi connectivity index (χ2v) is 11.2. The van der Waals surface area contributed by atoms with Gasteiger partial charge < -0.3 is 14.2 Å². The van der Waals surface area contributed by atoms with Crippen LogP contribution in [0.5, 0.6) is 0 Å². The fourth-order valence-corrected chi connectivity index (χ4v) is 5.99. The van der Waals surface area contributed by atoms with E-state index in [0.717, 1.165) is 62.1 Å². The molecule has 0 atom stereocenters. The van der Waals surface area contributed by atoms with Gasteiger partial charge in [-0.05, 0) is 64.5 Å². The molecule has 0 bridgehead atoms. The molecule has 2 aliphatic rings. The summed E-state index contributed by atoms with van der Waals surface area (Å²) in [5, 5.41) is 4.56. The molecule has 6 rings (SSSR count). The van der Waals surface area contributed by atoms with Gasteiger partial charge >= 0.3 is 0 Å². The first-order valence-electron chi connectivity index (χ1n) is 14.3. The maximum Gasteiger partial charge on any atom is 0.276 e. The Hall–Kier alpha value is -4.01. The molecule has 9 nitrogen and oxygen atoms in total. The fraction of sp³-hybridized carbons (Fsp3) is 0.452. The molecule has 208 valence electrons. The van der Waals surface area contributed by atoms with Crippen molar-refractivity contribution < 1.29 is 14.0 Å². The molecule has 40 heavy (non-hydrogen) atoms. The van der Waals surface area contributed by atoms with Crippen LogP contribution in [0.3, 0.4) is 0 Å². The number of carbonyl (C=O) groups is 2. The zero-order chi connectivity index (χ0) is 28.0. The average molecular weight is 541 g/mol. The lowest BCUT2D eigenvalue weighted by molar-refractivity contribution is 0.0707. The van der Waals surface area contributed by atoms with Gasteiger partial charge in [0.1, 0.15) is 11.3 Å². The predicted octanol–water partition coefficient (Wildman–Crippen LogP) is 4.80. The lowest BCUT2D eigenvalue weighted by Gasteiger charge is -2.30. The lowest BCUT2D eigenvalue weighted by Crippen LogP contribution is -2.38. The van der Waals surface area contributed by atoms with Crippen molar-refractivity contribution in [1.82, 2.24) is 29.4 Å². The van der Waals surface area contributed by atoms with Crippen molar-refractivity contribution in [2.45, 2.75) is 65.7 Å². The Labute approximate surface area is 234 Å². The zero-order valence-corrected chi connectivity index (χ0v) is 23.7. The molecule has 0 radical (unpaired) electrons. The first-order chi connectivity index (χ1) is 19.3. The van der Waals surface area contributed by atoms with Gasteiger partial charge in [0.15, 0.2) is 17.2 Å². The normalized spacial score (nSPS) is 16.3. The molecule has 0 N–H and O–H groups in total. The van der Waals surface area contributed by atoms with E-state index in [2.05, 4.69) is 41.3 Å². The Morgan fingerprint density at radius 2 is 1.57 bits per heavy atom. The van der Waals surface area contributed by atoms with Gasteiger partial charge in [-0.3, -0.25) is 9.59 Å². The molecule has 2 aliphatic heterocycles. The summed E-state index contributed by atoms with van der Waals surface area (Å²) in [7, 11) is 0. The van der Waals surface area contributed by atoms with Gasteiger partial charge in [-0.25, -0.2) is 14.5 Å². The Morgan fingerprint density at radius 1 is 0.900 bits per heavy atom. The van der Waals surface area contributed by atoms with Crippen molar-refractivity contribution in [3.05, 3.63) is 81.4 Å². The van der Waals surface area contributed by atoms with Crippen LogP contribution in [-0.2, 0) is 6.42 Å². The van der Waals surface area contributed by atoms with E-state index in [1.165, 1.54) is 11.1 Å². The van der Waals surface area contributed by atoms with Crippen LogP contribution in [0, 0.1) is 27.7 Å². The first-order valence-corrected chi connectivity index (χ1v) is 14.3. The first kappa shape index (κ1) is 26.2. The molecule has 0 aliphatic carbocycles. The van der Waals surface area contributed by atoms with Crippen LogP contribution in [0.15, 0.2) is 34.9 Å². The number of aryl methyl sites for hydroxylation is 4. The number of nitrogens with zero attached hydrogens (tertiary/aromatic N) is 6. The van der Waals surface area contributed by atoms with Crippen molar-refractivity contribution in [3.8, 4) is 0 Å². The molecular formula is C31H36N6O3. The second kappa shape index (κ2) is 10.5. The minimum Gasteiger partial charge on any atom is -0.445 e. The minimum absolute atomic E-state index is 0.0363. The van der Waals surface area contributed by atoms with Crippen molar-refractivity contribution in [3.63, 3.8) is 0 Å². The van der Waals surface area contributed by atoms with E-state index in [1.54, 1.807) is 10.7 Å². The van der Waals surface area contributed by atoms with E-state index in [1.807, 2.05) is 30.6 Å². The molecule has 2 amide bonds. The van der Waals surface area contributed by atoms with Gasteiger partial charge in [0, 0.05) is 49.9 Å². The molecule has 0 unspecified atom stereocenters. The molecular weight excluding hydrogens is 504 g/mol. The topological polar surface area (TPSA) is 96.8 Å². The van der Waals surface area contributed by atoms with Crippen LogP contribution < -0.4 is 0 Å². The van der Waals surface area contributed by atoms with Crippen molar-refractivity contribution in [2.75, 3.05) is 26.2 Å². The van der Waals surface area contributed by atoms with Crippen LogP contribution in [0.1, 0.15) is 92.2 Å². The van der Waals surface area contributed by atoms with Gasteiger partial charge in [-0.2, -0.15) is 5.10 Å². The monoisotopic (exact) mass is 540 g/mol. The highest BCUT2D eigenvalue weighted by molar-refractivity contribution is 5.99. The Morgan fingerprint density at radius 3 is 2.27 bits per heavy atom. The Kier molecular flexibility index (Phi) is 6.90. The summed E-state index contributed by atoms with van der Waals surface area (Å²) in [6.45, 7) is 10.7. The van der Waals surface area contributed by atoms with E-state index in [-0.39, 0.29) is 17.7 Å². The van der Waals surface area contributed by atoms with Gasteiger partial charge in [0.2, 0.25) is 0 Å². The number of hydrogen-bond donors (Lipinski definition) is 0. The summed E-state index contributed by atoms with van der Waals surface area (Å²) >= 11 is 0. The summed E-state index contributed by atoms with van der Waals surface area (Å²) in [4.78, 5) is 39.6. The van der Waals surface area contributed by atoms with E-state index >= 15 is 0 Å². The number of benzene rings is 1. The predicted molar refractivity (Wildman–Crippen MR) is 151 cm³/mol. The number of rotatable bonds is 5. The highest BCUT2D eigenvalue weighted by atomic mass is 16.4. The third-order valence-corrected chi connectivity index (χ3v) is 8.48. The standard InChI is InChI=1S/C31H36N6O3/c1-19-7-9-23(10-8-19)17-25-20(2)33-28-26(18-32-37(28)21(25)3)30(38)36-15-11-24(12-16-36)29-34-27(22(4)40-29)31(39)35-13-5-6-14-35/h7-10,18,24H,5-6,11-17H2,1-4H3. The number of likely N-dealkylation sites (tertiary alicyclic amines) is 2. The van der Waals surface area contributed by atoms with E-state index < -0.39 is 0 Å². The number of hydrogen-bond acceptors (Lipinski definition) is 6. The summed E-state index contributed by atoms with van der Waals surface area (Å²) < 4.78 is 7.76. The third-order valence-electron chi connectivity index (χ3n) is 8.48. The van der Waals surface area contributed by atoms with Gasteiger partial charge in [-0.1, -0.05) is 29.8 Å². The minimum atomic E-state index is -0.0560. The Bertz CT molecular complexity index is 1570. The maximum atomic E-state index is 13.6. The fourth-order valence-electron chi connectivity index (χ4n) is 5.99. The molecule has 4 aromatic rings. The van der Waals surface area contributed by atoms with Crippen molar-refractivity contribution >= 4 is 17.5 Å². The zero-order valence-electron chi connectivity index (χ0n) is 23.7. The lowest BCUT2D eigenvalue weighted by atomic mass is 9.96. The molecule has 2 fully saturated rings. The van der Waals surface area contributed by atoms with Crippen LogP contribution in [0.25, 0.3) is 5.65 Å². The van der Waals surface area contributed by atoms with Crippen LogP contribution in [-0.4, -0.2) is 67.4 Å². The van der Waals surface area contributed by atoms with Crippen LogP contribution in [0.4, 0.5) is 0 Å². The molecule has 9 heteroatoms. The van der Waals surface area contributed by atoms with Crippen LogP contribution in [0.2, 0.25) is 0 Å². The average Bonchev–Trinajstić information content (AvgIpc) is 3.72. The van der Waals surface area contributed by atoms with E-state index in [4.69, 9.17) is 9.40 Å². The molecule has 5 heterocycles. The SMILES string of the molecule is Cc1ccc(Cc2c(C)nc3c(C(=O)N4CCC(c5nc(C(=O)N6CCCC6)c(C)o5)CC4)cnn3c2C)cc1. The highest BCUT2D eigenvalue weighted by Crippen LogP contribution is 2.31. The molecule has 1 aromatic carbocycles. The van der Waals surface area contributed by atoms with Crippen molar-refractivity contribution in [2.24, 2.45) is 0 Å². The number of carbonyl (C=O) groups excluding carboxylic acids is 2. The Balaban J connectivity index is 1.16. The molecule has 0 saturated carbocycles. The van der Waals surface area contributed by atoms with Gasteiger partial charge in [-0.15, -0.1) is 0 Å². The number of amides is 2. The molecule has 0 spiro atoms. The summed E-state index contributed by atoms with van der Waals surface area (Å²) in [6, 6.07) is 8.53. The van der Waals surface area contributed by atoms with Crippen LogP contribution >= 0.6 is 0 Å². The summed E-state index contributed by atoms with van der Waals surface area (Å²) in [5.74, 6) is 1.18. The third kappa shape index (κ3) is 4.78. The van der Waals surface area contributed by atoms with Gasteiger partial charge in [0.25, 0.3) is 11.8 Å². The number of piperidine rings is 1. The highest BCUT2D eigenvalue weighted by Gasteiger charge is 2.32. The quantitative estimate of drug-likeness (QED) is 0.361. The van der Waals surface area contributed by atoms with E-state index in [9.17, 15) is 9.59 Å². The largest absolute Gasteiger partial charge is 0.445 e. The van der Waals surface area contributed by atoms with Crippen molar-refractivity contribution in [1.29, 1.82) is 0 Å². The number of fused-ring (bicyclic) bond motifs is 1. The van der Waals surface area contributed by atoms with Gasteiger partial charge in [0.05, 0.1) is 6.20 Å². The smallest absolute Gasteiger partial charge is 0.276 e. The number of oxazole rings is 1. The summed E-state index contributed by atoms with van der Waals surface area (Å²) in [6.07, 6.45) is 5.95. The maximum absolute atomic E-state index is 13.6. The molecule has 2 saturated heterocycles. The summed E-state index contributed by atoms with van der Waals surface area (Å²) in [5.41, 5.74) is 7.05. The number of aromatic nitrogens is 4. The molecule has 3 aromatic heterocycles.